The van der Waals surface area contributed by atoms with E-state index in [4.69, 9.17) is 0 Å². The van der Waals surface area contributed by atoms with Gasteiger partial charge in [0.15, 0.2) is 5.82 Å². The quantitative estimate of drug-likeness (QED) is 0.414. The molecule has 0 unspecified atom stereocenters. The Hall–Kier alpha value is -4.00. The van der Waals surface area contributed by atoms with Crippen molar-refractivity contribution < 1.29 is 4.39 Å². The molecule has 0 fully saturated rings. The van der Waals surface area contributed by atoms with E-state index >= 15 is 0 Å². The molecule has 28 heavy (non-hydrogen) atoms. The number of anilines is 2. The van der Waals surface area contributed by atoms with E-state index in [2.05, 4.69) is 37.0 Å². The number of H-pyrrole nitrogens is 2. The first-order valence-corrected chi connectivity index (χ1v) is 8.68. The van der Waals surface area contributed by atoms with Gasteiger partial charge in [0.25, 0.3) is 0 Å². The molecule has 0 aliphatic rings. The van der Waals surface area contributed by atoms with Gasteiger partial charge in [-0.15, -0.1) is 0 Å². The minimum absolute atomic E-state index is 0.328. The molecule has 136 valence electrons. The number of halogens is 1. The Bertz CT molecular complexity index is 1330. The van der Waals surface area contributed by atoms with Crippen molar-refractivity contribution in [2.24, 2.45) is 0 Å². The van der Waals surface area contributed by atoms with Crippen LogP contribution in [0.2, 0.25) is 0 Å². The molecule has 0 aliphatic heterocycles. The molecule has 5 rings (SSSR count). The number of aromatic nitrogens is 5. The van der Waals surface area contributed by atoms with Crippen LogP contribution in [0.1, 0.15) is 5.69 Å². The molecular formula is C21H15FN6. The molecule has 0 saturated heterocycles. The number of benzene rings is 2. The van der Waals surface area contributed by atoms with Crippen molar-refractivity contribution >= 4 is 39.4 Å². The third kappa shape index (κ3) is 2.79. The number of rotatable bonds is 4. The molecule has 0 radical (unpaired) electrons. The molecule has 3 aromatic heterocycles. The molecule has 0 aliphatic carbocycles. The Morgan fingerprint density at radius 2 is 1.96 bits per heavy atom. The summed E-state index contributed by atoms with van der Waals surface area (Å²) in [5, 5.41) is 11.6. The highest BCUT2D eigenvalue weighted by atomic mass is 19.1. The summed E-state index contributed by atoms with van der Waals surface area (Å²) in [5.74, 6) is 0.665. The second-order valence-corrected chi connectivity index (χ2v) is 6.41. The molecule has 0 spiro atoms. The van der Waals surface area contributed by atoms with Crippen LogP contribution in [0.5, 0.6) is 0 Å². The summed E-state index contributed by atoms with van der Waals surface area (Å²) in [5.41, 5.74) is 3.76. The molecule has 2 aromatic carbocycles. The van der Waals surface area contributed by atoms with E-state index in [-0.39, 0.29) is 5.82 Å². The SMILES string of the molecule is C=Cc1cc2ccc(-c3nccc(Nc4cc5cn[nH]c5cc4F)n3)cc2[nH]1. The number of aromatic amines is 2. The molecule has 6 nitrogen and oxygen atoms in total. The fourth-order valence-corrected chi connectivity index (χ4v) is 3.16. The van der Waals surface area contributed by atoms with E-state index in [0.717, 1.165) is 27.5 Å². The van der Waals surface area contributed by atoms with Gasteiger partial charge in [-0.3, -0.25) is 5.10 Å². The summed E-state index contributed by atoms with van der Waals surface area (Å²) in [6.07, 6.45) is 5.06. The highest BCUT2D eigenvalue weighted by Gasteiger charge is 2.09. The van der Waals surface area contributed by atoms with Crippen LogP contribution >= 0.6 is 0 Å². The topological polar surface area (TPSA) is 82.3 Å². The molecule has 5 aromatic rings. The van der Waals surface area contributed by atoms with Crippen molar-refractivity contribution in [2.75, 3.05) is 5.32 Å². The van der Waals surface area contributed by atoms with E-state index in [1.54, 1.807) is 30.6 Å². The van der Waals surface area contributed by atoms with Gasteiger partial charge in [-0.05, 0) is 30.3 Å². The maximum absolute atomic E-state index is 14.4. The minimum atomic E-state index is -0.387. The van der Waals surface area contributed by atoms with Crippen LogP contribution in [-0.2, 0) is 0 Å². The van der Waals surface area contributed by atoms with Crippen molar-refractivity contribution in [3.8, 4) is 11.4 Å². The molecule has 0 atom stereocenters. The Morgan fingerprint density at radius 3 is 2.86 bits per heavy atom. The van der Waals surface area contributed by atoms with Crippen molar-refractivity contribution in [3.05, 3.63) is 72.9 Å². The average molecular weight is 370 g/mol. The van der Waals surface area contributed by atoms with Gasteiger partial charge >= 0.3 is 0 Å². The smallest absolute Gasteiger partial charge is 0.161 e. The number of hydrogen-bond acceptors (Lipinski definition) is 4. The van der Waals surface area contributed by atoms with Gasteiger partial charge in [0.05, 0.1) is 17.4 Å². The first-order valence-electron chi connectivity index (χ1n) is 8.68. The van der Waals surface area contributed by atoms with E-state index in [0.29, 0.717) is 22.8 Å². The zero-order valence-electron chi connectivity index (χ0n) is 14.7. The summed E-state index contributed by atoms with van der Waals surface area (Å²) in [6.45, 7) is 3.78. The average Bonchev–Trinajstić information content (AvgIpc) is 3.33. The maximum atomic E-state index is 14.4. The van der Waals surface area contributed by atoms with Gasteiger partial charge in [-0.25, -0.2) is 14.4 Å². The second-order valence-electron chi connectivity index (χ2n) is 6.41. The van der Waals surface area contributed by atoms with E-state index in [1.165, 1.54) is 6.07 Å². The molecule has 0 saturated carbocycles. The highest BCUT2D eigenvalue weighted by molar-refractivity contribution is 5.86. The van der Waals surface area contributed by atoms with Crippen molar-refractivity contribution in [2.45, 2.75) is 0 Å². The second kappa shape index (κ2) is 6.31. The van der Waals surface area contributed by atoms with Crippen LogP contribution < -0.4 is 5.32 Å². The predicted octanol–water partition coefficient (Wildman–Crippen LogP) is 5.03. The van der Waals surface area contributed by atoms with Crippen LogP contribution in [0.3, 0.4) is 0 Å². The molecule has 3 heterocycles. The standard InChI is InChI=1S/C21H15FN6/c1-2-15-7-12-3-4-13(8-17(12)25-15)21-23-6-5-20(27-21)26-19-9-14-11-24-28-18(14)10-16(19)22/h2-11,25H,1H2,(H,24,28)(H,23,26,27). The number of hydrogen-bond donors (Lipinski definition) is 3. The first-order chi connectivity index (χ1) is 13.7. The minimum Gasteiger partial charge on any atom is -0.355 e. The third-order valence-electron chi connectivity index (χ3n) is 4.57. The largest absolute Gasteiger partial charge is 0.355 e. The van der Waals surface area contributed by atoms with Gasteiger partial charge in [-0.2, -0.15) is 5.10 Å². The van der Waals surface area contributed by atoms with E-state index < -0.39 is 0 Å². The molecule has 0 amide bonds. The molecular weight excluding hydrogens is 355 g/mol. The first kappa shape index (κ1) is 16.2. The maximum Gasteiger partial charge on any atom is 0.161 e. The summed E-state index contributed by atoms with van der Waals surface area (Å²) in [4.78, 5) is 12.2. The van der Waals surface area contributed by atoms with Gasteiger partial charge < -0.3 is 10.3 Å². The van der Waals surface area contributed by atoms with Crippen molar-refractivity contribution in [3.63, 3.8) is 0 Å². The highest BCUT2D eigenvalue weighted by Crippen LogP contribution is 2.26. The molecule has 3 N–H and O–H groups in total. The van der Waals surface area contributed by atoms with Crippen LogP contribution in [0.4, 0.5) is 15.9 Å². The Balaban J connectivity index is 1.50. The lowest BCUT2D eigenvalue weighted by Crippen LogP contribution is -1.98. The Kier molecular flexibility index (Phi) is 3.65. The summed E-state index contributed by atoms with van der Waals surface area (Å²) >= 11 is 0. The summed E-state index contributed by atoms with van der Waals surface area (Å²) in [7, 11) is 0. The zero-order chi connectivity index (χ0) is 19.1. The van der Waals surface area contributed by atoms with Crippen LogP contribution in [0.25, 0.3) is 39.3 Å². The number of nitrogens with one attached hydrogen (secondary N) is 3. The van der Waals surface area contributed by atoms with Crippen LogP contribution in [-0.4, -0.2) is 25.1 Å². The van der Waals surface area contributed by atoms with Crippen LogP contribution in [0.15, 0.2) is 61.4 Å². The summed E-state index contributed by atoms with van der Waals surface area (Å²) in [6, 6.07) is 12.8. The van der Waals surface area contributed by atoms with Crippen molar-refractivity contribution in [1.29, 1.82) is 0 Å². The van der Waals surface area contributed by atoms with E-state index in [9.17, 15) is 4.39 Å². The Morgan fingerprint density at radius 1 is 1.04 bits per heavy atom. The number of nitrogens with zero attached hydrogens (tertiary/aromatic N) is 3. The van der Waals surface area contributed by atoms with E-state index in [1.807, 2.05) is 24.3 Å². The summed E-state index contributed by atoms with van der Waals surface area (Å²) < 4.78 is 14.4. The van der Waals surface area contributed by atoms with Crippen LogP contribution in [0, 0.1) is 5.82 Å². The van der Waals surface area contributed by atoms with Gasteiger partial charge in [-0.1, -0.05) is 18.7 Å². The monoisotopic (exact) mass is 370 g/mol. The normalized spacial score (nSPS) is 11.2. The van der Waals surface area contributed by atoms with Gasteiger partial charge in [0, 0.05) is 39.8 Å². The molecule has 0 bridgehead atoms. The lowest BCUT2D eigenvalue weighted by molar-refractivity contribution is 0.633. The van der Waals surface area contributed by atoms with Gasteiger partial charge in [0.2, 0.25) is 0 Å². The molecule has 7 heteroatoms. The predicted molar refractivity (Wildman–Crippen MR) is 109 cm³/mol. The number of fused-ring (bicyclic) bond motifs is 2. The zero-order valence-corrected chi connectivity index (χ0v) is 14.7. The third-order valence-corrected chi connectivity index (χ3v) is 4.57. The fourth-order valence-electron chi connectivity index (χ4n) is 3.16. The van der Waals surface area contributed by atoms with Gasteiger partial charge in [0.1, 0.15) is 11.6 Å². The lowest BCUT2D eigenvalue weighted by atomic mass is 10.1. The fraction of sp³-hybridized carbons (Fsp3) is 0. The van der Waals surface area contributed by atoms with Crippen molar-refractivity contribution in [1.82, 2.24) is 25.1 Å². The Labute approximate surface area is 159 Å². The lowest BCUT2D eigenvalue weighted by Gasteiger charge is -2.08.